The van der Waals surface area contributed by atoms with E-state index in [0.717, 1.165) is 42.9 Å². The van der Waals surface area contributed by atoms with Gasteiger partial charge in [-0.1, -0.05) is 112 Å². The van der Waals surface area contributed by atoms with E-state index in [0.29, 0.717) is 18.1 Å². The SMILES string of the molecule is CCCC(C)CC(C)=O.CCc1cccc(-c2ccc(CC(C=O)NC(=O)OCc3ccccc3)cc2)c1.CO. The number of Topliss-reactive ketones (excluding diaryl/α,β-unsaturated/α-hetero) is 1. The molecule has 0 saturated heterocycles. The molecule has 0 radical (unpaired) electrons. The number of nitrogens with one attached hydrogen (secondary N) is 1. The maximum Gasteiger partial charge on any atom is 0.408 e. The molecule has 0 aliphatic rings. The van der Waals surface area contributed by atoms with Crippen molar-refractivity contribution in [3.8, 4) is 11.1 Å². The molecule has 6 heteroatoms. The fraction of sp³-hybridized carbons (Fsp3) is 0.382. The summed E-state index contributed by atoms with van der Waals surface area (Å²) in [6, 6.07) is 25.3. The highest BCUT2D eigenvalue weighted by molar-refractivity contribution is 5.75. The molecule has 2 N–H and O–H groups in total. The zero-order valence-corrected chi connectivity index (χ0v) is 24.6. The van der Waals surface area contributed by atoms with Crippen LogP contribution in [-0.2, 0) is 33.8 Å². The van der Waals surface area contributed by atoms with Gasteiger partial charge in [-0.15, -0.1) is 0 Å². The van der Waals surface area contributed by atoms with Crippen LogP contribution in [0.4, 0.5) is 4.79 Å². The second-order valence-electron chi connectivity index (χ2n) is 9.70. The van der Waals surface area contributed by atoms with E-state index in [1.807, 2.05) is 54.6 Å². The topological polar surface area (TPSA) is 92.7 Å². The van der Waals surface area contributed by atoms with Crippen molar-refractivity contribution in [1.82, 2.24) is 5.32 Å². The number of aliphatic hydroxyl groups is 1. The monoisotopic (exact) mass is 547 g/mol. The van der Waals surface area contributed by atoms with Crippen molar-refractivity contribution in [2.75, 3.05) is 7.11 Å². The van der Waals surface area contributed by atoms with Gasteiger partial charge >= 0.3 is 6.09 Å². The minimum absolute atomic E-state index is 0.170. The van der Waals surface area contributed by atoms with E-state index in [9.17, 15) is 14.4 Å². The summed E-state index contributed by atoms with van der Waals surface area (Å²) in [6.07, 6.45) is 4.68. The molecule has 0 saturated carbocycles. The van der Waals surface area contributed by atoms with Crippen LogP contribution in [-0.4, -0.2) is 36.4 Å². The summed E-state index contributed by atoms with van der Waals surface area (Å²) in [6.45, 7) is 8.25. The summed E-state index contributed by atoms with van der Waals surface area (Å²) in [5.41, 5.74) is 5.46. The molecule has 2 atom stereocenters. The normalized spacial score (nSPS) is 11.4. The number of aliphatic hydroxyl groups excluding tert-OH is 1. The van der Waals surface area contributed by atoms with Gasteiger partial charge in [-0.2, -0.15) is 0 Å². The maximum absolute atomic E-state index is 12.0. The summed E-state index contributed by atoms with van der Waals surface area (Å²) in [4.78, 5) is 33.9. The van der Waals surface area contributed by atoms with Crippen LogP contribution < -0.4 is 5.32 Å². The van der Waals surface area contributed by atoms with Crippen LogP contribution in [0.5, 0.6) is 0 Å². The molecule has 1 amide bonds. The lowest BCUT2D eigenvalue weighted by Crippen LogP contribution is -2.37. The van der Waals surface area contributed by atoms with Crippen LogP contribution in [0.2, 0.25) is 0 Å². The summed E-state index contributed by atoms with van der Waals surface area (Å²) < 4.78 is 5.19. The van der Waals surface area contributed by atoms with Gasteiger partial charge in [0.15, 0.2) is 0 Å². The van der Waals surface area contributed by atoms with Crippen LogP contribution >= 0.6 is 0 Å². The molecule has 216 valence electrons. The van der Waals surface area contributed by atoms with Gasteiger partial charge in [0, 0.05) is 13.5 Å². The number of alkyl carbamates (subject to hydrolysis) is 1. The Morgan fingerprint density at radius 3 is 2.10 bits per heavy atom. The summed E-state index contributed by atoms with van der Waals surface area (Å²) in [7, 11) is 1.00. The summed E-state index contributed by atoms with van der Waals surface area (Å²) >= 11 is 0. The van der Waals surface area contributed by atoms with E-state index in [1.165, 1.54) is 24.0 Å². The Labute approximate surface area is 239 Å². The highest BCUT2D eigenvalue weighted by Crippen LogP contribution is 2.21. The zero-order valence-electron chi connectivity index (χ0n) is 24.6. The number of aryl methyl sites for hydroxylation is 1. The smallest absolute Gasteiger partial charge is 0.408 e. The first kappa shape index (κ1) is 34.3. The van der Waals surface area contributed by atoms with Crippen molar-refractivity contribution in [3.63, 3.8) is 0 Å². The van der Waals surface area contributed by atoms with Gasteiger partial charge in [0.1, 0.15) is 18.7 Å². The van der Waals surface area contributed by atoms with Crippen molar-refractivity contribution in [3.05, 3.63) is 95.6 Å². The number of carbonyl (C=O) groups excluding carboxylic acids is 3. The number of ether oxygens (including phenoxy) is 1. The van der Waals surface area contributed by atoms with Gasteiger partial charge in [-0.25, -0.2) is 4.79 Å². The summed E-state index contributed by atoms with van der Waals surface area (Å²) in [5.74, 6) is 0.906. The molecule has 3 rings (SSSR count). The second-order valence-corrected chi connectivity index (χ2v) is 9.70. The lowest BCUT2D eigenvalue weighted by Gasteiger charge is -2.13. The third kappa shape index (κ3) is 13.9. The molecule has 0 fully saturated rings. The fourth-order valence-electron chi connectivity index (χ4n) is 4.19. The minimum Gasteiger partial charge on any atom is -0.445 e. The highest BCUT2D eigenvalue weighted by atomic mass is 16.5. The van der Waals surface area contributed by atoms with E-state index < -0.39 is 12.1 Å². The Bertz CT molecular complexity index is 1130. The number of hydrogen-bond acceptors (Lipinski definition) is 5. The Morgan fingerprint density at radius 1 is 0.875 bits per heavy atom. The van der Waals surface area contributed by atoms with Crippen molar-refractivity contribution < 1.29 is 24.2 Å². The predicted octanol–water partition coefficient (Wildman–Crippen LogP) is 6.96. The van der Waals surface area contributed by atoms with Crippen LogP contribution in [0.15, 0.2) is 78.9 Å². The standard InChI is InChI=1S/C25H25NO3.C8H16O.CH4O/c1-2-19-9-6-10-23(15-19)22-13-11-20(12-14-22)16-24(17-27)26-25(28)29-18-21-7-4-3-5-8-21;1-4-5-7(2)6-8(3)9;1-2/h3-15,17,24H,2,16,18H2,1H3,(H,26,28);7H,4-6H2,1-3H3;2H,1H3. The predicted molar refractivity (Wildman–Crippen MR) is 162 cm³/mol. The summed E-state index contributed by atoms with van der Waals surface area (Å²) in [5, 5.41) is 9.62. The molecular formula is C34H45NO5. The zero-order chi connectivity index (χ0) is 29.8. The Hall–Kier alpha value is -3.77. The molecule has 0 aromatic heterocycles. The molecule has 3 aromatic carbocycles. The highest BCUT2D eigenvalue weighted by Gasteiger charge is 2.13. The van der Waals surface area contributed by atoms with Crippen LogP contribution in [0.3, 0.4) is 0 Å². The number of aldehydes is 1. The van der Waals surface area contributed by atoms with Gasteiger partial charge in [0.25, 0.3) is 0 Å². The van der Waals surface area contributed by atoms with E-state index in [1.54, 1.807) is 6.92 Å². The van der Waals surface area contributed by atoms with Crippen molar-refractivity contribution >= 4 is 18.2 Å². The molecule has 6 nitrogen and oxygen atoms in total. The second kappa shape index (κ2) is 20.2. The number of rotatable bonds is 12. The van der Waals surface area contributed by atoms with Gasteiger partial charge < -0.3 is 24.7 Å². The molecule has 0 spiro atoms. The van der Waals surface area contributed by atoms with Gasteiger partial charge in [0.2, 0.25) is 0 Å². The van der Waals surface area contributed by atoms with Crippen molar-refractivity contribution in [2.45, 2.75) is 72.4 Å². The van der Waals surface area contributed by atoms with E-state index in [-0.39, 0.29) is 6.61 Å². The molecule has 3 aromatic rings. The van der Waals surface area contributed by atoms with Crippen LogP contribution in [0, 0.1) is 5.92 Å². The lowest BCUT2D eigenvalue weighted by molar-refractivity contribution is -0.117. The van der Waals surface area contributed by atoms with E-state index >= 15 is 0 Å². The maximum atomic E-state index is 12.0. The fourth-order valence-corrected chi connectivity index (χ4v) is 4.19. The van der Waals surface area contributed by atoms with E-state index in [2.05, 4.69) is 50.4 Å². The lowest BCUT2D eigenvalue weighted by atomic mass is 9.99. The van der Waals surface area contributed by atoms with Gasteiger partial charge in [0.05, 0.1) is 6.04 Å². The number of carbonyl (C=O) groups is 3. The first-order chi connectivity index (χ1) is 19.3. The first-order valence-corrected chi connectivity index (χ1v) is 13.9. The largest absolute Gasteiger partial charge is 0.445 e. The molecule has 0 heterocycles. The van der Waals surface area contributed by atoms with Gasteiger partial charge in [-0.05, 0) is 53.5 Å². The molecule has 40 heavy (non-hydrogen) atoms. The number of benzene rings is 3. The van der Waals surface area contributed by atoms with E-state index in [4.69, 9.17) is 9.84 Å². The average Bonchev–Trinajstić information content (AvgIpc) is 2.98. The minimum atomic E-state index is -0.632. The number of ketones is 1. The Balaban J connectivity index is 0.000000621. The number of amides is 1. The molecule has 0 aliphatic carbocycles. The quantitative estimate of drug-likeness (QED) is 0.239. The molecule has 0 aliphatic heterocycles. The van der Waals surface area contributed by atoms with Crippen LogP contribution in [0.1, 0.15) is 63.6 Å². The third-order valence-corrected chi connectivity index (χ3v) is 6.18. The molecule has 0 bridgehead atoms. The van der Waals surface area contributed by atoms with Gasteiger partial charge in [-0.3, -0.25) is 0 Å². The third-order valence-electron chi connectivity index (χ3n) is 6.18. The van der Waals surface area contributed by atoms with Crippen LogP contribution in [0.25, 0.3) is 11.1 Å². The Morgan fingerprint density at radius 2 is 1.52 bits per heavy atom. The molecular weight excluding hydrogens is 502 g/mol. The molecule has 2 unspecified atom stereocenters. The van der Waals surface area contributed by atoms with Crippen molar-refractivity contribution in [2.24, 2.45) is 5.92 Å². The average molecular weight is 548 g/mol. The Kier molecular flexibility index (Phi) is 17.3. The van der Waals surface area contributed by atoms with Crippen molar-refractivity contribution in [1.29, 1.82) is 0 Å². The first-order valence-electron chi connectivity index (χ1n) is 13.9. The number of hydrogen-bond donors (Lipinski definition) is 2.